The van der Waals surface area contributed by atoms with Crippen molar-refractivity contribution in [1.29, 1.82) is 0 Å². The monoisotopic (exact) mass is 361 g/mol. The Labute approximate surface area is 156 Å². The van der Waals surface area contributed by atoms with Crippen LogP contribution in [0.1, 0.15) is 39.0 Å². The van der Waals surface area contributed by atoms with Gasteiger partial charge in [0.2, 0.25) is 5.91 Å². The van der Waals surface area contributed by atoms with E-state index in [2.05, 4.69) is 10.5 Å². The third-order valence-corrected chi connectivity index (χ3v) is 4.63. The molecule has 1 atom stereocenters. The van der Waals surface area contributed by atoms with E-state index in [1.54, 1.807) is 30.0 Å². The van der Waals surface area contributed by atoms with Gasteiger partial charge in [-0.1, -0.05) is 53.7 Å². The summed E-state index contributed by atoms with van der Waals surface area (Å²) in [5.74, 6) is 0.280. The summed E-state index contributed by atoms with van der Waals surface area (Å²) in [5.41, 5.74) is 2.89. The Balaban J connectivity index is 1.59. The molecule has 0 saturated heterocycles. The van der Waals surface area contributed by atoms with Gasteiger partial charge in [0.05, 0.1) is 6.54 Å². The first-order valence-corrected chi connectivity index (χ1v) is 8.77. The summed E-state index contributed by atoms with van der Waals surface area (Å²) < 4.78 is 5.10. The van der Waals surface area contributed by atoms with E-state index in [0.29, 0.717) is 29.1 Å². The van der Waals surface area contributed by atoms with Crippen molar-refractivity contribution in [2.75, 3.05) is 0 Å². The van der Waals surface area contributed by atoms with Gasteiger partial charge in [-0.05, 0) is 24.1 Å². The number of aromatic nitrogens is 1. The van der Waals surface area contributed by atoms with Gasteiger partial charge in [0.15, 0.2) is 0 Å². The topological polar surface area (TPSA) is 75.4 Å². The Morgan fingerprint density at radius 1 is 1.15 bits per heavy atom. The van der Waals surface area contributed by atoms with E-state index in [-0.39, 0.29) is 18.4 Å². The third-order valence-electron chi connectivity index (χ3n) is 4.63. The molecule has 6 nitrogen and oxygen atoms in total. The molecule has 6 heteroatoms. The van der Waals surface area contributed by atoms with Crippen LogP contribution in [0.2, 0.25) is 0 Å². The molecule has 0 radical (unpaired) electrons. The smallest absolute Gasteiger partial charge is 0.255 e. The highest BCUT2D eigenvalue weighted by Crippen LogP contribution is 2.34. The Kier molecular flexibility index (Phi) is 4.46. The molecule has 1 aliphatic heterocycles. The van der Waals surface area contributed by atoms with Gasteiger partial charge in [0.25, 0.3) is 5.91 Å². The molecule has 1 aliphatic rings. The quantitative estimate of drug-likeness (QED) is 0.758. The average Bonchev–Trinajstić information content (AvgIpc) is 3.22. The highest BCUT2D eigenvalue weighted by Gasteiger charge is 2.41. The lowest BCUT2D eigenvalue weighted by molar-refractivity contribution is -0.125. The molecule has 0 fully saturated rings. The molecular formula is C21H19N3O3. The van der Waals surface area contributed by atoms with Crippen LogP contribution in [0.3, 0.4) is 0 Å². The number of hydrogen-bond donors (Lipinski definition) is 1. The zero-order valence-electron chi connectivity index (χ0n) is 14.9. The van der Waals surface area contributed by atoms with E-state index in [0.717, 1.165) is 5.56 Å². The van der Waals surface area contributed by atoms with Gasteiger partial charge in [-0.25, -0.2) is 0 Å². The fraction of sp³-hybridized carbons (Fsp3) is 0.190. The number of nitrogens with one attached hydrogen (secondary N) is 1. The van der Waals surface area contributed by atoms with Crippen LogP contribution in [0.5, 0.6) is 0 Å². The number of aryl methyl sites for hydroxylation is 1. The first kappa shape index (κ1) is 17.0. The maximum atomic E-state index is 13.0. The number of nitrogens with zero attached hydrogens (tertiary/aromatic N) is 2. The number of amides is 2. The predicted octanol–water partition coefficient (Wildman–Crippen LogP) is 3.00. The zero-order valence-corrected chi connectivity index (χ0v) is 14.9. The summed E-state index contributed by atoms with van der Waals surface area (Å²) in [6.45, 7) is 2.42. The molecule has 2 amide bonds. The Morgan fingerprint density at radius 3 is 2.63 bits per heavy atom. The molecule has 0 saturated carbocycles. The highest BCUT2D eigenvalue weighted by atomic mass is 16.5. The van der Waals surface area contributed by atoms with E-state index < -0.39 is 6.04 Å². The Hall–Kier alpha value is -3.41. The van der Waals surface area contributed by atoms with Gasteiger partial charge in [-0.3, -0.25) is 9.59 Å². The molecule has 3 aromatic rings. The predicted molar refractivity (Wildman–Crippen MR) is 98.6 cm³/mol. The fourth-order valence-electron chi connectivity index (χ4n) is 3.36. The second-order valence-electron chi connectivity index (χ2n) is 6.56. The first-order chi connectivity index (χ1) is 13.1. The maximum Gasteiger partial charge on any atom is 0.255 e. The Morgan fingerprint density at radius 2 is 1.89 bits per heavy atom. The minimum absolute atomic E-state index is 0.175. The largest absolute Gasteiger partial charge is 0.361 e. The fourth-order valence-corrected chi connectivity index (χ4v) is 3.36. The van der Waals surface area contributed by atoms with Crippen molar-refractivity contribution in [2.45, 2.75) is 26.1 Å². The van der Waals surface area contributed by atoms with E-state index >= 15 is 0 Å². The summed E-state index contributed by atoms with van der Waals surface area (Å²) in [7, 11) is 0. The van der Waals surface area contributed by atoms with Crippen molar-refractivity contribution < 1.29 is 14.1 Å². The molecule has 1 aromatic heterocycles. The highest BCUT2D eigenvalue weighted by molar-refractivity contribution is 6.04. The summed E-state index contributed by atoms with van der Waals surface area (Å²) in [6.07, 6.45) is 0. The van der Waals surface area contributed by atoms with Crippen molar-refractivity contribution in [2.24, 2.45) is 0 Å². The molecule has 4 rings (SSSR count). The minimum atomic E-state index is -0.686. The van der Waals surface area contributed by atoms with Crippen LogP contribution < -0.4 is 5.32 Å². The number of benzene rings is 2. The summed E-state index contributed by atoms with van der Waals surface area (Å²) in [6, 6.07) is 18.0. The molecule has 1 unspecified atom stereocenters. The Bertz CT molecular complexity index is 981. The van der Waals surface area contributed by atoms with Crippen LogP contribution >= 0.6 is 0 Å². The average molecular weight is 361 g/mol. The van der Waals surface area contributed by atoms with Crippen LogP contribution in [-0.2, 0) is 17.9 Å². The van der Waals surface area contributed by atoms with Crippen LogP contribution in [0, 0.1) is 6.92 Å². The minimum Gasteiger partial charge on any atom is -0.361 e. The van der Waals surface area contributed by atoms with Crippen molar-refractivity contribution in [3.05, 3.63) is 88.8 Å². The van der Waals surface area contributed by atoms with Crippen molar-refractivity contribution in [1.82, 2.24) is 15.4 Å². The number of carbonyl (C=O) groups excluding carboxylic acids is 2. The molecule has 0 aliphatic carbocycles. The van der Waals surface area contributed by atoms with Crippen molar-refractivity contribution in [3.8, 4) is 0 Å². The molecule has 2 aromatic carbocycles. The summed E-state index contributed by atoms with van der Waals surface area (Å²) in [4.78, 5) is 27.4. The summed E-state index contributed by atoms with van der Waals surface area (Å²) in [5, 5.41) is 6.91. The lowest BCUT2D eigenvalue weighted by Gasteiger charge is -2.23. The first-order valence-electron chi connectivity index (χ1n) is 8.77. The van der Waals surface area contributed by atoms with E-state index in [1.807, 2.05) is 42.5 Å². The van der Waals surface area contributed by atoms with Crippen LogP contribution in [-0.4, -0.2) is 21.9 Å². The lowest BCUT2D eigenvalue weighted by Crippen LogP contribution is -2.38. The van der Waals surface area contributed by atoms with Crippen LogP contribution in [0.25, 0.3) is 0 Å². The second-order valence-corrected chi connectivity index (χ2v) is 6.56. The van der Waals surface area contributed by atoms with Gasteiger partial charge < -0.3 is 14.7 Å². The third kappa shape index (κ3) is 3.33. The standard InChI is InChI=1S/C21H19N3O3/c1-14-11-16(23-27-14)13-24-19(17-9-5-6-10-18(17)21(24)26)20(25)22-12-15-7-3-2-4-8-15/h2-11,19H,12-13H2,1H3,(H,22,25). The molecule has 136 valence electrons. The van der Waals surface area contributed by atoms with Crippen LogP contribution in [0.15, 0.2) is 65.2 Å². The summed E-state index contributed by atoms with van der Waals surface area (Å²) >= 11 is 0. The van der Waals surface area contributed by atoms with Crippen molar-refractivity contribution >= 4 is 11.8 Å². The van der Waals surface area contributed by atoms with E-state index in [1.165, 1.54) is 0 Å². The van der Waals surface area contributed by atoms with E-state index in [4.69, 9.17) is 4.52 Å². The lowest BCUT2D eigenvalue weighted by atomic mass is 10.0. The van der Waals surface area contributed by atoms with Gasteiger partial charge in [0.1, 0.15) is 17.5 Å². The van der Waals surface area contributed by atoms with E-state index in [9.17, 15) is 9.59 Å². The SMILES string of the molecule is Cc1cc(CN2C(=O)c3ccccc3C2C(=O)NCc2ccccc2)no1. The molecule has 0 bridgehead atoms. The number of fused-ring (bicyclic) bond motifs is 1. The molecule has 27 heavy (non-hydrogen) atoms. The van der Waals surface area contributed by atoms with Gasteiger partial charge in [-0.15, -0.1) is 0 Å². The van der Waals surface area contributed by atoms with Crippen LogP contribution in [0.4, 0.5) is 0 Å². The van der Waals surface area contributed by atoms with Crippen molar-refractivity contribution in [3.63, 3.8) is 0 Å². The molecule has 0 spiro atoms. The number of carbonyl (C=O) groups is 2. The molecular weight excluding hydrogens is 342 g/mol. The molecule has 2 heterocycles. The zero-order chi connectivity index (χ0) is 18.8. The number of hydrogen-bond acceptors (Lipinski definition) is 4. The maximum absolute atomic E-state index is 13.0. The normalized spacial score (nSPS) is 15.7. The second kappa shape index (κ2) is 7.07. The van der Waals surface area contributed by atoms with Gasteiger partial charge in [-0.2, -0.15) is 0 Å². The number of rotatable bonds is 5. The van der Waals surface area contributed by atoms with Gasteiger partial charge in [0, 0.05) is 18.2 Å². The van der Waals surface area contributed by atoms with Gasteiger partial charge >= 0.3 is 0 Å². The molecule has 1 N–H and O–H groups in total.